The van der Waals surface area contributed by atoms with Crippen molar-refractivity contribution in [1.29, 1.82) is 0 Å². The second kappa shape index (κ2) is 4.48. The Hall–Kier alpha value is -0.633. The van der Waals surface area contributed by atoms with Gasteiger partial charge in [0, 0.05) is 5.92 Å². The highest BCUT2D eigenvalue weighted by Gasteiger charge is 2.39. The number of aldehydes is 1. The van der Waals surface area contributed by atoms with Crippen LogP contribution in [0.25, 0.3) is 0 Å². The third-order valence-corrected chi connectivity index (χ3v) is 8.61. The lowest BCUT2D eigenvalue weighted by atomic mass is 9.90. The lowest BCUT2D eigenvalue weighted by Crippen LogP contribution is -2.40. The standard InChI is InChI=1S/C13H22OSi/c1-10(2)15(4,5)13-8-11(3)6-7-12(13)9-14/h6-7,9,11-13H,1,8H2,2-5H3/t11-,12-,13-/m0/s1. The van der Waals surface area contributed by atoms with Crippen LogP contribution in [0.1, 0.15) is 20.3 Å². The van der Waals surface area contributed by atoms with Gasteiger partial charge in [0.2, 0.25) is 0 Å². The van der Waals surface area contributed by atoms with Crippen LogP contribution in [0, 0.1) is 11.8 Å². The highest BCUT2D eigenvalue weighted by Crippen LogP contribution is 2.42. The smallest absolute Gasteiger partial charge is 0.126 e. The predicted octanol–water partition coefficient (Wildman–Crippen LogP) is 3.59. The van der Waals surface area contributed by atoms with E-state index in [-0.39, 0.29) is 5.92 Å². The molecule has 0 bridgehead atoms. The van der Waals surface area contributed by atoms with Crippen LogP contribution < -0.4 is 0 Å². The molecule has 0 aliphatic heterocycles. The molecule has 0 aromatic rings. The molecule has 0 spiro atoms. The Labute approximate surface area is 94.3 Å². The van der Waals surface area contributed by atoms with Gasteiger partial charge in [0.1, 0.15) is 6.29 Å². The van der Waals surface area contributed by atoms with E-state index in [1.807, 2.05) is 0 Å². The van der Waals surface area contributed by atoms with Crippen LogP contribution in [-0.4, -0.2) is 14.4 Å². The van der Waals surface area contributed by atoms with Crippen LogP contribution in [-0.2, 0) is 4.79 Å². The summed E-state index contributed by atoms with van der Waals surface area (Å²) in [5, 5.41) is 1.31. The lowest BCUT2D eigenvalue weighted by Gasteiger charge is -2.39. The van der Waals surface area contributed by atoms with Crippen LogP contribution in [0.5, 0.6) is 0 Å². The molecule has 15 heavy (non-hydrogen) atoms. The summed E-state index contributed by atoms with van der Waals surface area (Å²) in [5.41, 5.74) is 0.535. The Bertz CT molecular complexity index is 291. The molecule has 0 aromatic heterocycles. The van der Waals surface area contributed by atoms with Gasteiger partial charge in [-0.15, -0.1) is 6.58 Å². The Balaban J connectivity index is 2.97. The molecule has 0 aromatic carbocycles. The van der Waals surface area contributed by atoms with Crippen LogP contribution in [0.3, 0.4) is 0 Å². The Kier molecular flexibility index (Phi) is 3.71. The fourth-order valence-electron chi connectivity index (χ4n) is 2.32. The van der Waals surface area contributed by atoms with Gasteiger partial charge in [-0.25, -0.2) is 0 Å². The van der Waals surface area contributed by atoms with Crippen LogP contribution in [0.15, 0.2) is 23.9 Å². The Morgan fingerprint density at radius 3 is 2.53 bits per heavy atom. The van der Waals surface area contributed by atoms with Crippen molar-refractivity contribution in [1.82, 2.24) is 0 Å². The highest BCUT2D eigenvalue weighted by molar-refractivity contribution is 6.85. The van der Waals surface area contributed by atoms with Gasteiger partial charge in [0.25, 0.3) is 0 Å². The van der Waals surface area contributed by atoms with Gasteiger partial charge in [-0.05, 0) is 24.8 Å². The number of hydrogen-bond acceptors (Lipinski definition) is 1. The van der Waals surface area contributed by atoms with Crippen LogP contribution in [0.2, 0.25) is 18.6 Å². The average molecular weight is 222 g/mol. The van der Waals surface area contributed by atoms with Gasteiger partial charge in [-0.1, -0.05) is 37.4 Å². The quantitative estimate of drug-likeness (QED) is 0.405. The third-order valence-electron chi connectivity index (χ3n) is 3.94. The predicted molar refractivity (Wildman–Crippen MR) is 68.5 cm³/mol. The number of hydrogen-bond donors (Lipinski definition) is 0. The first-order valence-electron chi connectivity index (χ1n) is 5.69. The summed E-state index contributed by atoms with van der Waals surface area (Å²) in [7, 11) is -1.48. The fraction of sp³-hybridized carbons (Fsp3) is 0.615. The first kappa shape index (κ1) is 12.4. The molecular weight excluding hydrogens is 200 g/mol. The fourth-order valence-corrected chi connectivity index (χ4v) is 5.07. The maximum absolute atomic E-state index is 11.1. The van der Waals surface area contributed by atoms with E-state index in [1.165, 1.54) is 5.20 Å². The van der Waals surface area contributed by atoms with Gasteiger partial charge >= 0.3 is 0 Å². The molecule has 2 heteroatoms. The molecule has 3 atom stereocenters. The van der Waals surface area contributed by atoms with Crippen molar-refractivity contribution in [2.45, 2.75) is 38.9 Å². The first-order valence-corrected chi connectivity index (χ1v) is 8.77. The molecule has 84 valence electrons. The SMILES string of the molecule is C=C(C)[Si](C)(C)[C@H]1C[C@@H](C)C=C[C@H]1C=O. The molecule has 0 fully saturated rings. The summed E-state index contributed by atoms with van der Waals surface area (Å²) in [6, 6.07) is 0. The molecule has 0 unspecified atom stereocenters. The number of carbonyl (C=O) groups excluding carboxylic acids is 1. The summed E-state index contributed by atoms with van der Waals surface area (Å²) in [5.74, 6) is 0.733. The average Bonchev–Trinajstić information content (AvgIpc) is 2.17. The summed E-state index contributed by atoms with van der Waals surface area (Å²) < 4.78 is 0. The summed E-state index contributed by atoms with van der Waals surface area (Å²) in [4.78, 5) is 11.1. The lowest BCUT2D eigenvalue weighted by molar-refractivity contribution is -0.110. The van der Waals surface area contributed by atoms with E-state index in [1.54, 1.807) is 0 Å². The molecule has 0 amide bonds. The monoisotopic (exact) mass is 222 g/mol. The van der Waals surface area contributed by atoms with Gasteiger partial charge in [-0.2, -0.15) is 0 Å². The van der Waals surface area contributed by atoms with E-state index in [0.29, 0.717) is 11.5 Å². The zero-order chi connectivity index (χ0) is 11.6. The second-order valence-electron chi connectivity index (χ2n) is 5.42. The van der Waals surface area contributed by atoms with Gasteiger partial charge < -0.3 is 4.79 Å². The Morgan fingerprint density at radius 1 is 1.47 bits per heavy atom. The third kappa shape index (κ3) is 2.48. The zero-order valence-electron chi connectivity index (χ0n) is 10.3. The first-order chi connectivity index (χ1) is 6.89. The van der Waals surface area contributed by atoms with Crippen molar-refractivity contribution in [3.8, 4) is 0 Å². The van der Waals surface area contributed by atoms with Gasteiger partial charge in [0.15, 0.2) is 0 Å². The highest BCUT2D eigenvalue weighted by atomic mass is 28.3. The number of rotatable bonds is 3. The van der Waals surface area contributed by atoms with E-state index in [2.05, 4.69) is 45.7 Å². The van der Waals surface area contributed by atoms with Crippen molar-refractivity contribution < 1.29 is 4.79 Å². The minimum Gasteiger partial charge on any atom is -0.303 e. The summed E-state index contributed by atoms with van der Waals surface area (Å²) >= 11 is 0. The van der Waals surface area contributed by atoms with Crippen LogP contribution in [0.4, 0.5) is 0 Å². The van der Waals surface area contributed by atoms with Crippen molar-refractivity contribution in [2.75, 3.05) is 0 Å². The maximum atomic E-state index is 11.1. The second-order valence-corrected chi connectivity index (χ2v) is 10.5. The topological polar surface area (TPSA) is 17.1 Å². The van der Waals surface area contributed by atoms with Crippen molar-refractivity contribution in [3.63, 3.8) is 0 Å². The minimum atomic E-state index is -1.48. The minimum absolute atomic E-state index is 0.125. The van der Waals surface area contributed by atoms with Crippen molar-refractivity contribution >= 4 is 14.4 Å². The molecular formula is C13H22OSi. The normalized spacial score (nSPS) is 31.3. The van der Waals surface area contributed by atoms with Crippen LogP contribution >= 0.6 is 0 Å². The van der Waals surface area contributed by atoms with E-state index < -0.39 is 8.07 Å². The zero-order valence-corrected chi connectivity index (χ0v) is 11.3. The van der Waals surface area contributed by atoms with E-state index in [4.69, 9.17) is 0 Å². The maximum Gasteiger partial charge on any atom is 0.126 e. The number of carbonyl (C=O) groups is 1. The summed E-state index contributed by atoms with van der Waals surface area (Å²) in [6.07, 6.45) is 6.54. The van der Waals surface area contributed by atoms with Gasteiger partial charge in [-0.3, -0.25) is 0 Å². The van der Waals surface area contributed by atoms with Crippen molar-refractivity contribution in [3.05, 3.63) is 23.9 Å². The molecule has 1 aliphatic carbocycles. The number of allylic oxidation sites excluding steroid dienone is 3. The van der Waals surface area contributed by atoms with E-state index in [9.17, 15) is 4.79 Å². The molecule has 0 heterocycles. The van der Waals surface area contributed by atoms with Gasteiger partial charge in [0.05, 0.1) is 8.07 Å². The molecule has 0 saturated heterocycles. The Morgan fingerprint density at radius 2 is 2.07 bits per heavy atom. The summed E-state index contributed by atoms with van der Waals surface area (Å²) in [6.45, 7) is 13.1. The molecule has 1 aliphatic rings. The molecule has 0 saturated carbocycles. The van der Waals surface area contributed by atoms with E-state index >= 15 is 0 Å². The molecule has 1 rings (SSSR count). The largest absolute Gasteiger partial charge is 0.303 e. The van der Waals surface area contributed by atoms with Crippen molar-refractivity contribution in [2.24, 2.45) is 11.8 Å². The molecule has 1 nitrogen and oxygen atoms in total. The molecule has 0 radical (unpaired) electrons. The molecule has 0 N–H and O–H groups in total. The van der Waals surface area contributed by atoms with E-state index in [0.717, 1.165) is 12.7 Å².